The van der Waals surface area contributed by atoms with E-state index in [-0.39, 0.29) is 12.1 Å². The molecule has 5 heteroatoms. The number of methoxy groups -OCH3 is 1. The molecule has 1 aliphatic rings. The molecule has 0 aliphatic carbocycles. The van der Waals surface area contributed by atoms with E-state index in [1.165, 1.54) is 12.7 Å². The van der Waals surface area contributed by atoms with Crippen LogP contribution in [0.5, 0.6) is 0 Å². The fourth-order valence-corrected chi connectivity index (χ4v) is 2.64. The van der Waals surface area contributed by atoms with Gasteiger partial charge in [0.1, 0.15) is 0 Å². The second kappa shape index (κ2) is 8.37. The third-order valence-electron chi connectivity index (χ3n) is 3.67. The number of hydrogen-bond donors (Lipinski definition) is 0. The molecule has 0 amide bonds. The van der Waals surface area contributed by atoms with Crippen LogP contribution < -0.4 is 0 Å². The molecule has 4 nitrogen and oxygen atoms in total. The van der Waals surface area contributed by atoms with Crippen LogP contribution in [0, 0.1) is 0 Å². The van der Waals surface area contributed by atoms with E-state index in [0.29, 0.717) is 13.0 Å². The predicted molar refractivity (Wildman–Crippen MR) is 82.3 cm³/mol. The minimum atomic E-state index is -0.177. The monoisotopic (exact) mass is 311 g/mol. The average molecular weight is 312 g/mol. The summed E-state index contributed by atoms with van der Waals surface area (Å²) in [4.78, 5) is 13.6. The third-order valence-corrected chi connectivity index (χ3v) is 3.92. The minimum absolute atomic E-state index is 0.177. The number of hydrogen-bond acceptors (Lipinski definition) is 4. The van der Waals surface area contributed by atoms with E-state index in [1.54, 1.807) is 0 Å². The van der Waals surface area contributed by atoms with Crippen molar-refractivity contribution in [2.45, 2.75) is 31.9 Å². The Bertz CT molecular complexity index is 443. The molecule has 1 atom stereocenters. The maximum absolute atomic E-state index is 11.4. The van der Waals surface area contributed by atoms with Gasteiger partial charge in [-0.05, 0) is 30.5 Å². The highest BCUT2D eigenvalue weighted by molar-refractivity contribution is 6.30. The summed E-state index contributed by atoms with van der Waals surface area (Å²) in [5.41, 5.74) is 1.18. The fourth-order valence-electron chi connectivity index (χ4n) is 2.51. The summed E-state index contributed by atoms with van der Waals surface area (Å²) in [6.45, 7) is 3.15. The van der Waals surface area contributed by atoms with E-state index in [0.717, 1.165) is 37.6 Å². The van der Waals surface area contributed by atoms with Gasteiger partial charge in [-0.2, -0.15) is 0 Å². The van der Waals surface area contributed by atoms with Crippen molar-refractivity contribution >= 4 is 17.6 Å². The molecule has 1 aromatic carbocycles. The molecule has 0 N–H and O–H groups in total. The highest BCUT2D eigenvalue weighted by Gasteiger charge is 2.20. The normalized spacial score (nSPS) is 18.1. The van der Waals surface area contributed by atoms with Crippen LogP contribution in [0.25, 0.3) is 0 Å². The van der Waals surface area contributed by atoms with Gasteiger partial charge in [-0.25, -0.2) is 0 Å². The standard InChI is InChI=1S/C16H22ClNO3/c1-20-16(19)8-9-18(12-15-3-2-10-21-15)11-13-4-6-14(17)7-5-13/h4-7,15H,2-3,8-12H2,1H3. The third kappa shape index (κ3) is 5.65. The van der Waals surface area contributed by atoms with E-state index in [4.69, 9.17) is 21.1 Å². The van der Waals surface area contributed by atoms with Crippen molar-refractivity contribution < 1.29 is 14.3 Å². The van der Waals surface area contributed by atoms with Crippen molar-refractivity contribution in [1.29, 1.82) is 0 Å². The van der Waals surface area contributed by atoms with Gasteiger partial charge in [-0.3, -0.25) is 9.69 Å². The number of esters is 1. The van der Waals surface area contributed by atoms with Crippen molar-refractivity contribution in [3.8, 4) is 0 Å². The number of rotatable bonds is 7. The zero-order valence-electron chi connectivity index (χ0n) is 12.4. The Hall–Kier alpha value is -1.10. The number of carbonyl (C=O) groups excluding carboxylic acids is 1. The molecule has 1 unspecified atom stereocenters. The Labute approximate surface area is 131 Å². The van der Waals surface area contributed by atoms with E-state index < -0.39 is 0 Å². The van der Waals surface area contributed by atoms with Crippen molar-refractivity contribution in [1.82, 2.24) is 4.90 Å². The molecule has 0 radical (unpaired) electrons. The molecule has 1 saturated heterocycles. The molecule has 0 bridgehead atoms. The molecule has 1 heterocycles. The lowest BCUT2D eigenvalue weighted by Crippen LogP contribution is -2.33. The van der Waals surface area contributed by atoms with Crippen LogP contribution in [0.3, 0.4) is 0 Å². The topological polar surface area (TPSA) is 38.8 Å². The fraction of sp³-hybridized carbons (Fsp3) is 0.562. The Balaban J connectivity index is 1.92. The first-order valence-electron chi connectivity index (χ1n) is 7.32. The molecule has 116 valence electrons. The van der Waals surface area contributed by atoms with Gasteiger partial charge < -0.3 is 9.47 Å². The Morgan fingerprint density at radius 3 is 2.81 bits per heavy atom. The molecule has 0 aromatic heterocycles. The van der Waals surface area contributed by atoms with E-state index in [1.807, 2.05) is 24.3 Å². The van der Waals surface area contributed by atoms with E-state index in [2.05, 4.69) is 4.90 Å². The van der Waals surface area contributed by atoms with Crippen LogP contribution in [-0.4, -0.2) is 43.8 Å². The van der Waals surface area contributed by atoms with Gasteiger partial charge in [0.15, 0.2) is 0 Å². The Morgan fingerprint density at radius 2 is 2.19 bits per heavy atom. The van der Waals surface area contributed by atoms with Crippen LogP contribution in [-0.2, 0) is 20.8 Å². The Kier molecular flexibility index (Phi) is 6.49. The lowest BCUT2D eigenvalue weighted by atomic mass is 10.1. The number of benzene rings is 1. The maximum atomic E-state index is 11.4. The number of carbonyl (C=O) groups is 1. The first-order valence-corrected chi connectivity index (χ1v) is 7.70. The van der Waals surface area contributed by atoms with Crippen LogP contribution >= 0.6 is 11.6 Å². The SMILES string of the molecule is COC(=O)CCN(Cc1ccc(Cl)cc1)CC1CCCO1. The first kappa shape index (κ1) is 16.3. The predicted octanol–water partition coefficient (Wildman–Crippen LogP) is 2.88. The van der Waals surface area contributed by atoms with Crippen molar-refractivity contribution in [2.75, 3.05) is 26.8 Å². The molecule has 1 fully saturated rings. The molecule has 0 saturated carbocycles. The van der Waals surface area contributed by atoms with Gasteiger partial charge in [-0.15, -0.1) is 0 Å². The van der Waals surface area contributed by atoms with E-state index in [9.17, 15) is 4.79 Å². The lowest BCUT2D eigenvalue weighted by Gasteiger charge is -2.25. The summed E-state index contributed by atoms with van der Waals surface area (Å²) < 4.78 is 10.4. The average Bonchev–Trinajstić information content (AvgIpc) is 2.99. The Morgan fingerprint density at radius 1 is 1.43 bits per heavy atom. The number of nitrogens with zero attached hydrogens (tertiary/aromatic N) is 1. The lowest BCUT2D eigenvalue weighted by molar-refractivity contribution is -0.141. The highest BCUT2D eigenvalue weighted by Crippen LogP contribution is 2.16. The van der Waals surface area contributed by atoms with Gasteiger partial charge in [0, 0.05) is 31.3 Å². The molecule has 0 spiro atoms. The van der Waals surface area contributed by atoms with E-state index >= 15 is 0 Å². The zero-order chi connectivity index (χ0) is 15.1. The van der Waals surface area contributed by atoms with Crippen molar-refractivity contribution in [3.05, 3.63) is 34.9 Å². The summed E-state index contributed by atoms with van der Waals surface area (Å²) in [6.07, 6.45) is 2.89. The summed E-state index contributed by atoms with van der Waals surface area (Å²) in [6, 6.07) is 7.81. The molecular formula is C16H22ClNO3. The van der Waals surface area contributed by atoms with Crippen LogP contribution in [0.1, 0.15) is 24.8 Å². The molecular weight excluding hydrogens is 290 g/mol. The van der Waals surface area contributed by atoms with Gasteiger partial charge in [0.25, 0.3) is 0 Å². The summed E-state index contributed by atoms with van der Waals surface area (Å²) >= 11 is 5.91. The summed E-state index contributed by atoms with van der Waals surface area (Å²) in [7, 11) is 1.42. The smallest absolute Gasteiger partial charge is 0.306 e. The summed E-state index contributed by atoms with van der Waals surface area (Å²) in [5, 5.41) is 0.735. The van der Waals surface area contributed by atoms with Crippen molar-refractivity contribution in [3.63, 3.8) is 0 Å². The van der Waals surface area contributed by atoms with Gasteiger partial charge in [-0.1, -0.05) is 23.7 Å². The summed E-state index contributed by atoms with van der Waals surface area (Å²) in [5.74, 6) is -0.177. The first-order chi connectivity index (χ1) is 10.2. The molecule has 1 aromatic rings. The van der Waals surface area contributed by atoms with Gasteiger partial charge in [0.2, 0.25) is 0 Å². The quantitative estimate of drug-likeness (QED) is 0.726. The van der Waals surface area contributed by atoms with Crippen LogP contribution in [0.4, 0.5) is 0 Å². The maximum Gasteiger partial charge on any atom is 0.306 e. The molecule has 2 rings (SSSR count). The molecule has 1 aliphatic heterocycles. The number of halogens is 1. The molecule has 21 heavy (non-hydrogen) atoms. The van der Waals surface area contributed by atoms with Gasteiger partial charge in [0.05, 0.1) is 19.6 Å². The second-order valence-corrected chi connectivity index (χ2v) is 5.76. The zero-order valence-corrected chi connectivity index (χ0v) is 13.1. The largest absolute Gasteiger partial charge is 0.469 e. The van der Waals surface area contributed by atoms with Crippen LogP contribution in [0.15, 0.2) is 24.3 Å². The highest BCUT2D eigenvalue weighted by atomic mass is 35.5. The van der Waals surface area contributed by atoms with Gasteiger partial charge >= 0.3 is 5.97 Å². The second-order valence-electron chi connectivity index (χ2n) is 5.32. The van der Waals surface area contributed by atoms with Crippen molar-refractivity contribution in [2.24, 2.45) is 0 Å². The minimum Gasteiger partial charge on any atom is -0.469 e. The number of ether oxygens (including phenoxy) is 2. The van der Waals surface area contributed by atoms with Crippen LogP contribution in [0.2, 0.25) is 5.02 Å².